The number of rotatable bonds is 10. The number of ether oxygens (including phenoxy) is 1. The zero-order valence-electron chi connectivity index (χ0n) is 25.2. The summed E-state index contributed by atoms with van der Waals surface area (Å²) in [5, 5.41) is 15.7. The molecular formula is C34H42ClN5O3. The molecule has 1 aromatic carbocycles. The van der Waals surface area contributed by atoms with E-state index < -0.39 is 0 Å². The summed E-state index contributed by atoms with van der Waals surface area (Å²) in [5.41, 5.74) is 5.09. The highest BCUT2D eigenvalue weighted by atomic mass is 35.5. The van der Waals surface area contributed by atoms with Crippen LogP contribution in [0.1, 0.15) is 97.9 Å². The Kier molecular flexibility index (Phi) is 9.05. The van der Waals surface area contributed by atoms with Gasteiger partial charge in [-0.25, -0.2) is 4.68 Å². The first kappa shape index (κ1) is 29.7. The van der Waals surface area contributed by atoms with Gasteiger partial charge in [0.2, 0.25) is 5.88 Å². The van der Waals surface area contributed by atoms with Gasteiger partial charge in [-0.05, 0) is 67.2 Å². The number of carbonyl (C=O) groups excluding carboxylic acids is 1. The Balaban J connectivity index is 1.40. The van der Waals surface area contributed by atoms with E-state index in [0.717, 1.165) is 62.8 Å². The number of aromatic nitrogens is 3. The summed E-state index contributed by atoms with van der Waals surface area (Å²) in [6, 6.07) is 12.3. The third kappa shape index (κ3) is 5.79. The molecule has 228 valence electrons. The maximum absolute atomic E-state index is 13.9. The summed E-state index contributed by atoms with van der Waals surface area (Å²) < 4.78 is 8.61. The number of halogens is 1. The molecule has 2 aliphatic heterocycles. The van der Waals surface area contributed by atoms with Crippen molar-refractivity contribution in [1.82, 2.24) is 24.6 Å². The van der Waals surface area contributed by atoms with E-state index in [1.54, 1.807) is 6.20 Å². The minimum atomic E-state index is -0.135. The van der Waals surface area contributed by atoms with Crippen LogP contribution in [0.25, 0.3) is 0 Å². The molecule has 43 heavy (non-hydrogen) atoms. The van der Waals surface area contributed by atoms with Gasteiger partial charge in [0.1, 0.15) is 5.02 Å². The highest BCUT2D eigenvalue weighted by Crippen LogP contribution is 2.50. The van der Waals surface area contributed by atoms with Crippen molar-refractivity contribution >= 4 is 17.5 Å². The molecular weight excluding hydrogens is 562 g/mol. The lowest BCUT2D eigenvalue weighted by molar-refractivity contribution is 0.0740. The van der Waals surface area contributed by atoms with E-state index in [1.165, 1.54) is 16.7 Å². The molecule has 8 nitrogen and oxygen atoms in total. The second kappa shape index (κ2) is 13.1. The number of amides is 1. The van der Waals surface area contributed by atoms with E-state index in [-0.39, 0.29) is 41.2 Å². The Bertz CT molecular complexity index is 1460. The topological polar surface area (TPSA) is 83.7 Å². The fourth-order valence-corrected chi connectivity index (χ4v) is 7.07. The number of carbonyl (C=O) groups is 1. The zero-order valence-corrected chi connectivity index (χ0v) is 26.0. The van der Waals surface area contributed by atoms with Crippen LogP contribution in [0, 0.1) is 0 Å². The number of aliphatic hydroxyl groups is 1. The van der Waals surface area contributed by atoms with Crippen LogP contribution in [0.3, 0.4) is 0 Å². The smallest absolute Gasteiger partial charge is 0.276 e. The standard InChI is InChI=1S/C34H42ClN5O3/c1-3-5-16-38(17-6-4-2)32(42)31-30(35)34-40(37-31)29-14-13-24(25-12-9-15-36-20-25)19-28(29)33(43-34)39-21-26-11-8-7-10-23(26)18-27(39)22-41/h7-12,15,20,24,27,29,41H,3-6,13-14,16-19,21-22H2,1-2H3. The number of allylic oxidation sites excluding steroid dienone is 1. The van der Waals surface area contributed by atoms with Gasteiger partial charge in [-0.3, -0.25) is 9.78 Å². The first-order valence-corrected chi connectivity index (χ1v) is 16.2. The lowest BCUT2D eigenvalue weighted by Crippen LogP contribution is -2.45. The van der Waals surface area contributed by atoms with Crippen LogP contribution < -0.4 is 4.74 Å². The normalized spacial score (nSPS) is 21.1. The minimum Gasteiger partial charge on any atom is -0.421 e. The average molecular weight is 604 g/mol. The van der Waals surface area contributed by atoms with Crippen molar-refractivity contribution < 1.29 is 14.6 Å². The number of nitrogens with zero attached hydrogens (tertiary/aromatic N) is 5. The molecule has 3 atom stereocenters. The number of hydrogen-bond acceptors (Lipinski definition) is 6. The quantitative estimate of drug-likeness (QED) is 0.285. The summed E-state index contributed by atoms with van der Waals surface area (Å²) in [6.45, 7) is 6.27. The Morgan fingerprint density at radius 3 is 2.53 bits per heavy atom. The summed E-state index contributed by atoms with van der Waals surface area (Å²) in [4.78, 5) is 22.3. The van der Waals surface area contributed by atoms with Gasteiger partial charge in [-0.2, -0.15) is 5.10 Å². The van der Waals surface area contributed by atoms with Gasteiger partial charge in [-0.15, -0.1) is 0 Å². The zero-order chi connectivity index (χ0) is 29.9. The summed E-state index contributed by atoms with van der Waals surface area (Å²) in [6.07, 6.45) is 10.9. The fraction of sp³-hybridized carbons (Fsp3) is 0.500. The average Bonchev–Trinajstić information content (AvgIpc) is 3.39. The Labute approximate surface area is 259 Å². The van der Waals surface area contributed by atoms with Gasteiger partial charge in [0.15, 0.2) is 11.6 Å². The number of hydrogen-bond donors (Lipinski definition) is 1. The van der Waals surface area contributed by atoms with Gasteiger partial charge in [0.05, 0.1) is 18.7 Å². The van der Waals surface area contributed by atoms with E-state index >= 15 is 0 Å². The first-order valence-electron chi connectivity index (χ1n) is 15.9. The number of unbranched alkanes of at least 4 members (excludes halogenated alkanes) is 2. The van der Waals surface area contributed by atoms with Gasteiger partial charge in [0, 0.05) is 37.6 Å². The largest absolute Gasteiger partial charge is 0.421 e. The van der Waals surface area contributed by atoms with Crippen molar-refractivity contribution in [3.05, 3.63) is 87.7 Å². The van der Waals surface area contributed by atoms with Crippen molar-refractivity contribution in [2.45, 2.75) is 89.8 Å². The molecule has 1 amide bonds. The van der Waals surface area contributed by atoms with Crippen LogP contribution in [0.2, 0.25) is 5.02 Å². The monoisotopic (exact) mass is 603 g/mol. The molecule has 3 aliphatic rings. The van der Waals surface area contributed by atoms with E-state index in [1.807, 2.05) is 21.8 Å². The summed E-state index contributed by atoms with van der Waals surface area (Å²) in [5.74, 6) is 1.32. The van der Waals surface area contributed by atoms with Crippen LogP contribution in [0.5, 0.6) is 5.88 Å². The molecule has 1 saturated carbocycles. The molecule has 4 heterocycles. The Morgan fingerprint density at radius 1 is 1.07 bits per heavy atom. The van der Waals surface area contributed by atoms with Crippen molar-refractivity contribution in [1.29, 1.82) is 0 Å². The van der Waals surface area contributed by atoms with Crippen LogP contribution in [-0.2, 0) is 13.0 Å². The van der Waals surface area contributed by atoms with Crippen LogP contribution in [-0.4, -0.2) is 61.3 Å². The van der Waals surface area contributed by atoms with Crippen molar-refractivity contribution in [3.8, 4) is 5.88 Å². The number of pyridine rings is 1. The van der Waals surface area contributed by atoms with Gasteiger partial charge >= 0.3 is 0 Å². The van der Waals surface area contributed by atoms with E-state index in [9.17, 15) is 9.90 Å². The molecule has 0 bridgehead atoms. The lowest BCUT2D eigenvalue weighted by Gasteiger charge is -2.44. The van der Waals surface area contributed by atoms with Crippen LogP contribution >= 0.6 is 11.6 Å². The van der Waals surface area contributed by atoms with Crippen LogP contribution in [0.4, 0.5) is 0 Å². The van der Waals surface area contributed by atoms with Gasteiger partial charge in [-0.1, -0.05) is 68.6 Å². The molecule has 0 spiro atoms. The molecule has 1 fully saturated rings. The molecule has 9 heteroatoms. The molecule has 3 unspecified atom stereocenters. The van der Waals surface area contributed by atoms with Gasteiger partial charge in [0.25, 0.3) is 5.91 Å². The highest BCUT2D eigenvalue weighted by molar-refractivity contribution is 6.34. The second-order valence-electron chi connectivity index (χ2n) is 12.1. The predicted octanol–water partition coefficient (Wildman–Crippen LogP) is 6.51. The summed E-state index contributed by atoms with van der Waals surface area (Å²) in [7, 11) is 0. The third-order valence-electron chi connectivity index (χ3n) is 9.27. The maximum atomic E-state index is 13.9. The van der Waals surface area contributed by atoms with E-state index in [2.05, 4.69) is 54.1 Å². The van der Waals surface area contributed by atoms with Crippen molar-refractivity contribution in [2.24, 2.45) is 0 Å². The molecule has 0 radical (unpaired) electrons. The predicted molar refractivity (Wildman–Crippen MR) is 167 cm³/mol. The molecule has 2 aromatic heterocycles. The lowest BCUT2D eigenvalue weighted by atomic mass is 9.78. The number of aliphatic hydroxyl groups excluding tert-OH is 1. The van der Waals surface area contributed by atoms with Crippen LogP contribution in [0.15, 0.2) is 60.2 Å². The Morgan fingerprint density at radius 2 is 1.84 bits per heavy atom. The number of benzene rings is 1. The Hall–Kier alpha value is -3.36. The summed E-state index contributed by atoms with van der Waals surface area (Å²) >= 11 is 7.01. The van der Waals surface area contributed by atoms with E-state index in [0.29, 0.717) is 25.5 Å². The molecule has 1 aliphatic carbocycles. The molecule has 6 rings (SSSR count). The SMILES string of the molecule is CCCCN(CCCC)C(=O)c1nn2c(c1Cl)OC(N1Cc3ccccc3CC1CO)=C1CC(c3cccnc3)CCC12. The fourth-order valence-electron chi connectivity index (χ4n) is 6.83. The van der Waals surface area contributed by atoms with Crippen molar-refractivity contribution in [2.75, 3.05) is 19.7 Å². The highest BCUT2D eigenvalue weighted by Gasteiger charge is 2.43. The van der Waals surface area contributed by atoms with E-state index in [4.69, 9.17) is 21.4 Å². The van der Waals surface area contributed by atoms with Gasteiger partial charge < -0.3 is 19.6 Å². The first-order chi connectivity index (χ1) is 21.0. The maximum Gasteiger partial charge on any atom is 0.276 e. The number of fused-ring (bicyclic) bond motifs is 4. The third-order valence-corrected chi connectivity index (χ3v) is 9.61. The molecule has 0 saturated heterocycles. The molecule has 3 aromatic rings. The molecule has 1 N–H and O–H groups in total. The van der Waals surface area contributed by atoms with Crippen molar-refractivity contribution in [3.63, 3.8) is 0 Å². The second-order valence-corrected chi connectivity index (χ2v) is 12.4. The minimum absolute atomic E-state index is 0.00568.